The van der Waals surface area contributed by atoms with Crippen LogP contribution in [0.15, 0.2) is 60.8 Å². The lowest BCUT2D eigenvalue weighted by molar-refractivity contribution is -0.274. The molecule has 1 aromatic heterocycles. The number of nitrogens with one attached hydrogen (secondary N) is 1. The molecule has 9 heteroatoms. The minimum atomic E-state index is -4.73. The molecule has 3 aromatic rings. The van der Waals surface area contributed by atoms with Crippen LogP contribution in [0.5, 0.6) is 11.5 Å². The average Bonchev–Trinajstić information content (AvgIpc) is 3.13. The van der Waals surface area contributed by atoms with Crippen LogP contribution >= 0.6 is 0 Å². The molecule has 0 amide bonds. The number of hydrogen-bond donors (Lipinski definition) is 2. The van der Waals surface area contributed by atoms with Gasteiger partial charge >= 0.3 is 12.3 Å². The number of nitrogens with zero attached hydrogens (tertiary/aromatic N) is 1. The number of alkyl halides is 3. The van der Waals surface area contributed by atoms with Crippen molar-refractivity contribution < 1.29 is 32.5 Å². The largest absolute Gasteiger partial charge is 0.573 e. The van der Waals surface area contributed by atoms with Gasteiger partial charge in [0.25, 0.3) is 0 Å². The third-order valence-electron chi connectivity index (χ3n) is 5.02. The first-order valence-corrected chi connectivity index (χ1v) is 9.80. The van der Waals surface area contributed by atoms with Crippen molar-refractivity contribution >= 4 is 11.8 Å². The highest BCUT2D eigenvalue weighted by molar-refractivity contribution is 5.70. The second kappa shape index (κ2) is 8.78. The van der Waals surface area contributed by atoms with Crippen LogP contribution in [0.4, 0.5) is 19.0 Å². The lowest BCUT2D eigenvalue weighted by atomic mass is 9.95. The third-order valence-corrected chi connectivity index (χ3v) is 5.02. The van der Waals surface area contributed by atoms with Crippen molar-refractivity contribution in [2.24, 2.45) is 0 Å². The van der Waals surface area contributed by atoms with E-state index in [1.165, 1.54) is 18.2 Å². The highest BCUT2D eigenvalue weighted by Gasteiger charge is 2.31. The van der Waals surface area contributed by atoms with E-state index in [9.17, 15) is 18.0 Å². The number of aromatic nitrogens is 1. The van der Waals surface area contributed by atoms with E-state index in [2.05, 4.69) is 15.0 Å². The van der Waals surface area contributed by atoms with Crippen LogP contribution in [-0.4, -0.2) is 29.0 Å². The molecule has 0 aliphatic carbocycles. The molecule has 166 valence electrons. The number of carboxylic acids is 1. The van der Waals surface area contributed by atoms with Crippen LogP contribution in [0.3, 0.4) is 0 Å². The number of hydrogen-bond acceptors (Lipinski definition) is 5. The van der Waals surface area contributed by atoms with E-state index in [1.54, 1.807) is 18.3 Å². The predicted molar refractivity (Wildman–Crippen MR) is 111 cm³/mol. The van der Waals surface area contributed by atoms with Crippen molar-refractivity contribution in [3.8, 4) is 22.6 Å². The Balaban J connectivity index is 1.40. The molecule has 1 aliphatic rings. The standard InChI is InChI=1S/C23H19F3N2O4/c24-23(25,26)32-18-3-1-2-14(8-18)11-27-21-7-5-16(12-28-21)15-4-6-19-17(10-22(29)30)13-31-20(19)9-15/h1-9,12,17H,10-11,13H2,(H,27,28)(H,29,30)/t17-/m1/s1. The lowest BCUT2D eigenvalue weighted by Gasteiger charge is -2.11. The number of halogens is 3. The summed E-state index contributed by atoms with van der Waals surface area (Å²) < 4.78 is 46.7. The fourth-order valence-electron chi connectivity index (χ4n) is 3.55. The number of fused-ring (bicyclic) bond motifs is 1. The molecule has 32 heavy (non-hydrogen) atoms. The Hall–Kier alpha value is -3.75. The topological polar surface area (TPSA) is 80.7 Å². The minimum Gasteiger partial charge on any atom is -0.493 e. The van der Waals surface area contributed by atoms with E-state index >= 15 is 0 Å². The Labute approximate surface area is 181 Å². The molecule has 0 bridgehead atoms. The number of carbonyl (C=O) groups is 1. The molecule has 0 saturated heterocycles. The molecule has 0 fully saturated rings. The third kappa shape index (κ3) is 5.29. The predicted octanol–water partition coefficient (Wildman–Crippen LogP) is 5.21. The minimum absolute atomic E-state index is 0.0273. The smallest absolute Gasteiger partial charge is 0.493 e. The molecule has 0 saturated carbocycles. The molecular weight excluding hydrogens is 425 g/mol. The maximum absolute atomic E-state index is 12.4. The van der Waals surface area contributed by atoms with Crippen molar-refractivity contribution in [3.05, 3.63) is 71.9 Å². The first-order chi connectivity index (χ1) is 15.3. The monoisotopic (exact) mass is 444 g/mol. The summed E-state index contributed by atoms with van der Waals surface area (Å²) in [5.74, 6) is -0.0417. The summed E-state index contributed by atoms with van der Waals surface area (Å²) in [5.41, 5.74) is 3.24. The Bertz CT molecular complexity index is 1120. The normalized spacial score (nSPS) is 15.0. The summed E-state index contributed by atoms with van der Waals surface area (Å²) in [4.78, 5) is 15.3. The van der Waals surface area contributed by atoms with Gasteiger partial charge in [0.2, 0.25) is 0 Å². The van der Waals surface area contributed by atoms with Crippen LogP contribution in [0.2, 0.25) is 0 Å². The quantitative estimate of drug-likeness (QED) is 0.521. The maximum Gasteiger partial charge on any atom is 0.573 e. The van der Waals surface area contributed by atoms with Gasteiger partial charge in [-0.2, -0.15) is 0 Å². The molecular formula is C23H19F3N2O4. The Kier molecular flexibility index (Phi) is 5.89. The maximum atomic E-state index is 12.4. The van der Waals surface area contributed by atoms with Gasteiger partial charge in [-0.15, -0.1) is 13.2 Å². The van der Waals surface area contributed by atoms with Crippen molar-refractivity contribution in [3.63, 3.8) is 0 Å². The van der Waals surface area contributed by atoms with Gasteiger partial charge in [0.05, 0.1) is 13.0 Å². The van der Waals surface area contributed by atoms with Crippen LogP contribution < -0.4 is 14.8 Å². The fourth-order valence-corrected chi connectivity index (χ4v) is 3.55. The number of pyridine rings is 1. The SMILES string of the molecule is O=C(O)C[C@@H]1COc2cc(-c3ccc(NCc4cccc(OC(F)(F)F)c4)nc3)ccc21. The number of carboxylic acid groups (broad SMARTS) is 1. The van der Waals surface area contributed by atoms with Crippen LogP contribution in [0, 0.1) is 0 Å². The van der Waals surface area contributed by atoms with E-state index in [-0.39, 0.29) is 24.6 Å². The highest BCUT2D eigenvalue weighted by Crippen LogP contribution is 2.38. The first kappa shape index (κ1) is 21.5. The Morgan fingerprint density at radius 1 is 1.16 bits per heavy atom. The molecule has 0 radical (unpaired) electrons. The van der Waals surface area contributed by atoms with E-state index in [0.717, 1.165) is 16.7 Å². The summed E-state index contributed by atoms with van der Waals surface area (Å²) >= 11 is 0. The number of benzene rings is 2. The summed E-state index contributed by atoms with van der Waals surface area (Å²) in [5, 5.41) is 12.1. The van der Waals surface area contributed by atoms with Crippen molar-refractivity contribution in [1.29, 1.82) is 0 Å². The molecule has 2 heterocycles. The molecule has 0 unspecified atom stereocenters. The van der Waals surface area contributed by atoms with Crippen molar-refractivity contribution in [2.75, 3.05) is 11.9 Å². The van der Waals surface area contributed by atoms with Gasteiger partial charge in [0.1, 0.15) is 17.3 Å². The molecule has 1 aliphatic heterocycles. The number of ether oxygens (including phenoxy) is 2. The zero-order valence-corrected chi connectivity index (χ0v) is 16.7. The van der Waals surface area contributed by atoms with Crippen molar-refractivity contribution in [1.82, 2.24) is 4.98 Å². The number of anilines is 1. The average molecular weight is 444 g/mol. The van der Waals surface area contributed by atoms with Gasteiger partial charge < -0.3 is 19.9 Å². The fraction of sp³-hybridized carbons (Fsp3) is 0.217. The summed E-state index contributed by atoms with van der Waals surface area (Å²) in [6.07, 6.45) is -3.03. The van der Waals surface area contributed by atoms with Gasteiger partial charge in [-0.3, -0.25) is 4.79 Å². The summed E-state index contributed by atoms with van der Waals surface area (Å²) in [6.45, 7) is 0.625. The first-order valence-electron chi connectivity index (χ1n) is 9.80. The van der Waals surface area contributed by atoms with E-state index in [1.807, 2.05) is 24.3 Å². The Morgan fingerprint density at radius 3 is 2.69 bits per heavy atom. The van der Waals surface area contributed by atoms with Crippen LogP contribution in [0.1, 0.15) is 23.5 Å². The van der Waals surface area contributed by atoms with Crippen molar-refractivity contribution in [2.45, 2.75) is 25.2 Å². The molecule has 6 nitrogen and oxygen atoms in total. The number of rotatable bonds is 7. The van der Waals surface area contributed by atoms with E-state index in [4.69, 9.17) is 9.84 Å². The molecule has 4 rings (SSSR count). The summed E-state index contributed by atoms with van der Waals surface area (Å²) in [7, 11) is 0. The van der Waals surface area contributed by atoms with Gasteiger partial charge in [-0.1, -0.05) is 24.3 Å². The number of aliphatic carboxylic acids is 1. The van der Waals surface area contributed by atoms with E-state index in [0.29, 0.717) is 23.7 Å². The second-order valence-electron chi connectivity index (χ2n) is 7.34. The zero-order valence-electron chi connectivity index (χ0n) is 16.7. The van der Waals surface area contributed by atoms with E-state index < -0.39 is 12.3 Å². The van der Waals surface area contributed by atoms with Crippen LogP contribution in [0.25, 0.3) is 11.1 Å². The van der Waals surface area contributed by atoms with Crippen LogP contribution in [-0.2, 0) is 11.3 Å². The van der Waals surface area contributed by atoms with Gasteiger partial charge in [0.15, 0.2) is 0 Å². The zero-order chi connectivity index (χ0) is 22.7. The molecule has 0 spiro atoms. The van der Waals surface area contributed by atoms with Gasteiger partial charge in [-0.05, 0) is 41.5 Å². The van der Waals surface area contributed by atoms with Gasteiger partial charge in [-0.25, -0.2) is 4.98 Å². The molecule has 1 atom stereocenters. The van der Waals surface area contributed by atoms with Gasteiger partial charge in [0, 0.05) is 29.8 Å². The Morgan fingerprint density at radius 2 is 1.97 bits per heavy atom. The molecule has 2 aromatic carbocycles. The second-order valence-corrected chi connectivity index (χ2v) is 7.34. The summed E-state index contributed by atoms with van der Waals surface area (Å²) in [6, 6.07) is 15.0. The molecule has 2 N–H and O–H groups in total. The lowest BCUT2D eigenvalue weighted by Crippen LogP contribution is -2.17. The highest BCUT2D eigenvalue weighted by atomic mass is 19.4.